The highest BCUT2D eigenvalue weighted by molar-refractivity contribution is 5.11. The molecule has 3 rings (SSSR count). The summed E-state index contributed by atoms with van der Waals surface area (Å²) in [6.07, 6.45) is 2.21. The predicted octanol–water partition coefficient (Wildman–Crippen LogP) is 1.48. The number of aliphatic hydroxyl groups excluding tert-OH is 2. The van der Waals surface area contributed by atoms with Gasteiger partial charge in [0.15, 0.2) is 0 Å². The van der Waals surface area contributed by atoms with Crippen molar-refractivity contribution in [1.29, 1.82) is 0 Å². The van der Waals surface area contributed by atoms with Gasteiger partial charge in [-0.15, -0.1) is 0 Å². The lowest BCUT2D eigenvalue weighted by Gasteiger charge is -2.59. The molecule has 0 aromatic carbocycles. The average Bonchev–Trinajstić information content (AvgIpc) is 3.13. The first-order valence-corrected chi connectivity index (χ1v) is 7.56. The van der Waals surface area contributed by atoms with Crippen molar-refractivity contribution in [2.24, 2.45) is 23.2 Å². The topological polar surface area (TPSA) is 43.5 Å². The van der Waals surface area contributed by atoms with Crippen LogP contribution in [0.25, 0.3) is 0 Å². The summed E-state index contributed by atoms with van der Waals surface area (Å²) in [6, 6.07) is 0.170. The van der Waals surface area contributed by atoms with Crippen LogP contribution < -0.4 is 0 Å². The molecular formula is C15H27NO2. The summed E-state index contributed by atoms with van der Waals surface area (Å²) in [5.41, 5.74) is 0.173. The predicted molar refractivity (Wildman–Crippen MR) is 71.2 cm³/mol. The summed E-state index contributed by atoms with van der Waals surface area (Å²) in [7, 11) is 0. The minimum Gasteiger partial charge on any atom is -0.390 e. The molecular weight excluding hydrogens is 226 g/mol. The molecule has 2 aliphatic carbocycles. The second kappa shape index (κ2) is 4.19. The third-order valence-electron chi connectivity index (χ3n) is 6.44. The van der Waals surface area contributed by atoms with E-state index in [1.165, 1.54) is 12.8 Å². The minimum absolute atomic E-state index is 0.170. The third-order valence-corrected chi connectivity index (χ3v) is 6.44. The molecule has 1 heterocycles. The lowest BCUT2D eigenvalue weighted by atomic mass is 9.50. The average molecular weight is 253 g/mol. The van der Waals surface area contributed by atoms with Gasteiger partial charge in [-0.3, -0.25) is 4.90 Å². The van der Waals surface area contributed by atoms with Crippen LogP contribution in [0.4, 0.5) is 0 Å². The fraction of sp³-hybridized carbons (Fsp3) is 1.00. The van der Waals surface area contributed by atoms with Gasteiger partial charge in [-0.2, -0.15) is 0 Å². The molecule has 0 bridgehead atoms. The Morgan fingerprint density at radius 1 is 1.11 bits per heavy atom. The van der Waals surface area contributed by atoms with Gasteiger partial charge in [0.25, 0.3) is 0 Å². The molecule has 7 atom stereocenters. The highest BCUT2D eigenvalue weighted by Crippen LogP contribution is 2.57. The van der Waals surface area contributed by atoms with Gasteiger partial charge in [0, 0.05) is 19.1 Å². The monoisotopic (exact) mass is 253 g/mol. The standard InChI is InChI=1S/C15H27NO2/c1-9-4-5-11-8-12(17)13(18)14(16-6-7-16)15(11,3)10(9)2/h9-14,17-18H,4-8H2,1-3H3/t9?,10?,11?,12?,13-,14+,15?/m1/s1. The molecule has 0 aromatic rings. The molecule has 18 heavy (non-hydrogen) atoms. The van der Waals surface area contributed by atoms with E-state index in [9.17, 15) is 10.2 Å². The van der Waals surface area contributed by atoms with Crippen molar-refractivity contribution in [3.05, 3.63) is 0 Å². The molecule has 3 heteroatoms. The van der Waals surface area contributed by atoms with Crippen molar-refractivity contribution in [3.8, 4) is 0 Å². The number of aliphatic hydroxyl groups is 2. The molecule has 2 N–H and O–H groups in total. The molecule has 2 saturated carbocycles. The summed E-state index contributed by atoms with van der Waals surface area (Å²) < 4.78 is 0. The van der Waals surface area contributed by atoms with Gasteiger partial charge in [0.2, 0.25) is 0 Å². The minimum atomic E-state index is -0.554. The lowest BCUT2D eigenvalue weighted by Crippen LogP contribution is -2.63. The third kappa shape index (κ3) is 1.67. The second-order valence-corrected chi connectivity index (χ2v) is 7.18. The zero-order valence-corrected chi connectivity index (χ0v) is 11.8. The maximum atomic E-state index is 10.5. The van der Waals surface area contributed by atoms with E-state index in [1.54, 1.807) is 0 Å². The fourth-order valence-corrected chi connectivity index (χ4v) is 4.85. The Hall–Kier alpha value is -0.120. The Bertz CT molecular complexity index is 330. The Morgan fingerprint density at radius 2 is 1.78 bits per heavy atom. The van der Waals surface area contributed by atoms with Gasteiger partial charge >= 0.3 is 0 Å². The van der Waals surface area contributed by atoms with Crippen LogP contribution in [0.1, 0.15) is 40.0 Å². The van der Waals surface area contributed by atoms with Crippen molar-refractivity contribution in [1.82, 2.24) is 4.90 Å². The number of nitrogens with zero attached hydrogens (tertiary/aromatic N) is 1. The quantitative estimate of drug-likeness (QED) is 0.696. The normalized spacial score (nSPS) is 57.2. The number of rotatable bonds is 1. The SMILES string of the molecule is CC1CCC2CC(O)[C@@H](O)[C@H](N3CC3)C2(C)C1C. The van der Waals surface area contributed by atoms with Gasteiger partial charge in [0.1, 0.15) is 0 Å². The van der Waals surface area contributed by atoms with Crippen LogP contribution in [-0.2, 0) is 0 Å². The molecule has 1 saturated heterocycles. The van der Waals surface area contributed by atoms with Crippen molar-refractivity contribution >= 4 is 0 Å². The smallest absolute Gasteiger partial charge is 0.0959 e. The lowest BCUT2D eigenvalue weighted by molar-refractivity contribution is -0.162. The van der Waals surface area contributed by atoms with E-state index in [0.29, 0.717) is 11.8 Å². The Labute approximate surface area is 110 Å². The molecule has 3 nitrogen and oxygen atoms in total. The maximum Gasteiger partial charge on any atom is 0.0959 e. The maximum absolute atomic E-state index is 10.5. The Balaban J connectivity index is 1.96. The van der Waals surface area contributed by atoms with Crippen LogP contribution in [0.5, 0.6) is 0 Å². The van der Waals surface area contributed by atoms with E-state index in [1.807, 2.05) is 0 Å². The molecule has 104 valence electrons. The highest BCUT2D eigenvalue weighted by atomic mass is 16.3. The first-order valence-electron chi connectivity index (χ1n) is 7.56. The first kappa shape index (κ1) is 12.9. The number of fused-ring (bicyclic) bond motifs is 1. The van der Waals surface area contributed by atoms with E-state index in [2.05, 4.69) is 25.7 Å². The van der Waals surface area contributed by atoms with Crippen molar-refractivity contribution in [3.63, 3.8) is 0 Å². The van der Waals surface area contributed by atoms with E-state index < -0.39 is 12.2 Å². The van der Waals surface area contributed by atoms with Crippen LogP contribution in [0.15, 0.2) is 0 Å². The second-order valence-electron chi connectivity index (χ2n) is 7.18. The molecule has 1 aliphatic heterocycles. The summed E-state index contributed by atoms with van der Waals surface area (Å²) >= 11 is 0. The number of hydrogen-bond donors (Lipinski definition) is 2. The Kier molecular flexibility index (Phi) is 3.00. The van der Waals surface area contributed by atoms with E-state index >= 15 is 0 Å². The molecule has 0 amide bonds. The summed E-state index contributed by atoms with van der Waals surface area (Å²) in [6.45, 7) is 9.27. The van der Waals surface area contributed by atoms with E-state index in [4.69, 9.17) is 0 Å². The van der Waals surface area contributed by atoms with Crippen LogP contribution in [-0.4, -0.2) is 46.5 Å². The molecule has 3 aliphatic rings. The summed E-state index contributed by atoms with van der Waals surface area (Å²) in [5.74, 6) is 1.94. The van der Waals surface area contributed by atoms with Crippen molar-refractivity contribution in [2.75, 3.05) is 13.1 Å². The van der Waals surface area contributed by atoms with Gasteiger partial charge in [0.05, 0.1) is 12.2 Å². The molecule has 0 aromatic heterocycles. The molecule has 5 unspecified atom stereocenters. The largest absolute Gasteiger partial charge is 0.390 e. The first-order chi connectivity index (χ1) is 8.46. The number of hydrogen-bond acceptors (Lipinski definition) is 3. The molecule has 0 spiro atoms. The van der Waals surface area contributed by atoms with Crippen LogP contribution >= 0.6 is 0 Å². The van der Waals surface area contributed by atoms with Crippen molar-refractivity contribution in [2.45, 2.75) is 58.3 Å². The van der Waals surface area contributed by atoms with Crippen LogP contribution in [0, 0.1) is 23.2 Å². The van der Waals surface area contributed by atoms with Crippen molar-refractivity contribution < 1.29 is 10.2 Å². The highest BCUT2D eigenvalue weighted by Gasteiger charge is 2.59. The summed E-state index contributed by atoms with van der Waals surface area (Å²) in [5, 5.41) is 20.6. The summed E-state index contributed by atoms with van der Waals surface area (Å²) in [4.78, 5) is 2.37. The molecule has 0 radical (unpaired) electrons. The van der Waals surface area contributed by atoms with Gasteiger partial charge in [-0.25, -0.2) is 0 Å². The Morgan fingerprint density at radius 3 is 2.39 bits per heavy atom. The van der Waals surface area contributed by atoms with Gasteiger partial charge in [-0.05, 0) is 36.0 Å². The zero-order chi connectivity index (χ0) is 13.1. The van der Waals surface area contributed by atoms with E-state index in [-0.39, 0.29) is 11.5 Å². The van der Waals surface area contributed by atoms with Crippen LogP contribution in [0.2, 0.25) is 0 Å². The zero-order valence-electron chi connectivity index (χ0n) is 11.8. The van der Waals surface area contributed by atoms with E-state index in [0.717, 1.165) is 25.4 Å². The van der Waals surface area contributed by atoms with Gasteiger partial charge < -0.3 is 10.2 Å². The van der Waals surface area contributed by atoms with Gasteiger partial charge in [-0.1, -0.05) is 27.2 Å². The van der Waals surface area contributed by atoms with Crippen LogP contribution in [0.3, 0.4) is 0 Å². The molecule has 3 fully saturated rings. The fourth-order valence-electron chi connectivity index (χ4n) is 4.85.